The van der Waals surface area contributed by atoms with E-state index < -0.39 is 0 Å². The summed E-state index contributed by atoms with van der Waals surface area (Å²) in [6.45, 7) is 4.91. The molecule has 0 spiro atoms. The van der Waals surface area contributed by atoms with Crippen LogP contribution in [0.3, 0.4) is 0 Å². The molecule has 2 aromatic carbocycles. The molecule has 0 atom stereocenters. The first kappa shape index (κ1) is 19.9. The lowest BCUT2D eigenvalue weighted by atomic mass is 10.1. The molecule has 0 saturated carbocycles. The van der Waals surface area contributed by atoms with Crippen LogP contribution >= 0.6 is 22.9 Å². The number of nitrogens with zero attached hydrogens (tertiary/aromatic N) is 1. The van der Waals surface area contributed by atoms with E-state index in [4.69, 9.17) is 11.6 Å². The Bertz CT molecular complexity index is 1090. The van der Waals surface area contributed by atoms with E-state index in [2.05, 4.69) is 58.9 Å². The number of hydrogen-bond donors (Lipinski definition) is 2. The number of fused-ring (bicyclic) bond motifs is 1. The van der Waals surface area contributed by atoms with Crippen molar-refractivity contribution in [2.75, 3.05) is 18.4 Å². The molecular formula is C24H24ClN3S. The molecule has 3 nitrogen and oxygen atoms in total. The average Bonchev–Trinajstić information content (AvgIpc) is 3.20. The lowest BCUT2D eigenvalue weighted by Crippen LogP contribution is -2.17. The number of rotatable bonds is 8. The summed E-state index contributed by atoms with van der Waals surface area (Å²) in [5.41, 5.74) is 4.61. The molecule has 0 bridgehead atoms. The van der Waals surface area contributed by atoms with Crippen LogP contribution in [0.5, 0.6) is 0 Å². The summed E-state index contributed by atoms with van der Waals surface area (Å²) in [5, 5.41) is 8.88. The van der Waals surface area contributed by atoms with Crippen molar-refractivity contribution >= 4 is 39.5 Å². The van der Waals surface area contributed by atoms with Crippen LogP contribution in [-0.2, 0) is 6.54 Å². The Morgan fingerprint density at radius 2 is 1.83 bits per heavy atom. The van der Waals surface area contributed by atoms with Gasteiger partial charge in [-0.25, -0.2) is 0 Å². The number of anilines is 1. The van der Waals surface area contributed by atoms with Crippen LogP contribution in [0.4, 0.5) is 5.69 Å². The Hall–Kier alpha value is -2.40. The van der Waals surface area contributed by atoms with Gasteiger partial charge in [0.1, 0.15) is 0 Å². The Balaban J connectivity index is 1.22. The second-order valence-electron chi connectivity index (χ2n) is 7.11. The molecule has 2 aromatic heterocycles. The average molecular weight is 422 g/mol. The van der Waals surface area contributed by atoms with E-state index in [9.17, 15) is 0 Å². The predicted octanol–water partition coefficient (Wildman–Crippen LogP) is 6.52. The number of halogens is 1. The molecule has 148 valence electrons. The number of benzene rings is 2. The quantitative estimate of drug-likeness (QED) is 0.318. The third-order valence-corrected chi connectivity index (χ3v) is 6.22. The number of pyridine rings is 1. The first-order valence-corrected chi connectivity index (χ1v) is 11.0. The molecule has 4 aromatic rings. The van der Waals surface area contributed by atoms with Gasteiger partial charge < -0.3 is 10.6 Å². The van der Waals surface area contributed by atoms with Gasteiger partial charge in [-0.05, 0) is 61.9 Å². The van der Waals surface area contributed by atoms with E-state index in [0.29, 0.717) is 5.02 Å². The molecule has 0 aliphatic rings. The van der Waals surface area contributed by atoms with Crippen molar-refractivity contribution < 1.29 is 0 Å². The zero-order chi connectivity index (χ0) is 20.1. The number of aryl methyl sites for hydroxylation is 1. The van der Waals surface area contributed by atoms with Gasteiger partial charge in [0.05, 0.1) is 5.52 Å². The van der Waals surface area contributed by atoms with Crippen LogP contribution < -0.4 is 10.6 Å². The fraction of sp³-hybridized carbons (Fsp3) is 0.208. The molecule has 0 fully saturated rings. The summed E-state index contributed by atoms with van der Waals surface area (Å²) < 4.78 is 0. The lowest BCUT2D eigenvalue weighted by molar-refractivity contribution is 0.669. The first-order valence-electron chi connectivity index (χ1n) is 9.84. The Morgan fingerprint density at radius 3 is 2.69 bits per heavy atom. The number of aromatic nitrogens is 1. The van der Waals surface area contributed by atoms with Crippen molar-refractivity contribution in [2.24, 2.45) is 0 Å². The molecule has 4 rings (SSSR count). The smallest absolute Gasteiger partial charge is 0.0737 e. The zero-order valence-electron chi connectivity index (χ0n) is 16.4. The summed E-state index contributed by atoms with van der Waals surface area (Å²) in [4.78, 5) is 7.08. The molecule has 0 aliphatic heterocycles. The summed E-state index contributed by atoms with van der Waals surface area (Å²) in [6, 6.07) is 21.0. The van der Waals surface area contributed by atoms with E-state index in [-0.39, 0.29) is 0 Å². The molecule has 0 saturated heterocycles. The van der Waals surface area contributed by atoms with Crippen LogP contribution in [0.1, 0.15) is 16.9 Å². The van der Waals surface area contributed by atoms with Crippen molar-refractivity contribution in [3.63, 3.8) is 0 Å². The highest BCUT2D eigenvalue weighted by molar-refractivity contribution is 7.15. The molecule has 2 N–H and O–H groups in total. The molecule has 29 heavy (non-hydrogen) atoms. The van der Waals surface area contributed by atoms with Crippen LogP contribution in [0.25, 0.3) is 21.3 Å². The molecule has 0 radical (unpaired) electrons. The van der Waals surface area contributed by atoms with Crippen LogP contribution in [0.2, 0.25) is 5.02 Å². The highest BCUT2D eigenvalue weighted by Crippen LogP contribution is 2.28. The number of nitrogens with one attached hydrogen (secondary N) is 2. The fourth-order valence-electron chi connectivity index (χ4n) is 3.27. The van der Waals surface area contributed by atoms with Crippen LogP contribution in [0.15, 0.2) is 66.9 Å². The molecule has 2 heterocycles. The van der Waals surface area contributed by atoms with Gasteiger partial charge in [0.2, 0.25) is 0 Å². The normalized spacial score (nSPS) is 11.1. The molecule has 5 heteroatoms. The summed E-state index contributed by atoms with van der Waals surface area (Å²) in [5.74, 6) is 0. The SMILES string of the molecule is Cc1ccc(-c2ccc(CNCCCNc3ccnc4cc(Cl)ccc34)s2)cc1. The standard InChI is InChI=1S/C24H24ClN3S/c1-17-3-5-18(6-4-17)24-10-8-20(29-24)16-26-12-2-13-27-22-11-14-28-23-15-19(25)7-9-21(22)23/h3-11,14-15,26H,2,12-13,16H2,1H3,(H,27,28). The Kier molecular flexibility index (Phi) is 6.45. The van der Waals surface area contributed by atoms with Gasteiger partial charge in [0.25, 0.3) is 0 Å². The van der Waals surface area contributed by atoms with Crippen molar-refractivity contribution in [3.05, 3.63) is 82.3 Å². The summed E-state index contributed by atoms with van der Waals surface area (Å²) in [7, 11) is 0. The van der Waals surface area contributed by atoms with E-state index in [0.717, 1.165) is 42.6 Å². The second kappa shape index (κ2) is 9.40. The zero-order valence-corrected chi connectivity index (χ0v) is 18.0. The van der Waals surface area contributed by atoms with Gasteiger partial charge in [-0.1, -0.05) is 41.4 Å². The van der Waals surface area contributed by atoms with E-state index in [1.54, 1.807) is 0 Å². The van der Waals surface area contributed by atoms with Gasteiger partial charge in [0, 0.05) is 45.1 Å². The van der Waals surface area contributed by atoms with E-state index >= 15 is 0 Å². The lowest BCUT2D eigenvalue weighted by Gasteiger charge is -2.10. The third kappa shape index (κ3) is 5.15. The number of thiophene rings is 1. The fourth-order valence-corrected chi connectivity index (χ4v) is 4.42. The largest absolute Gasteiger partial charge is 0.384 e. The third-order valence-electron chi connectivity index (χ3n) is 4.85. The van der Waals surface area contributed by atoms with Crippen molar-refractivity contribution in [1.29, 1.82) is 0 Å². The maximum Gasteiger partial charge on any atom is 0.0737 e. The predicted molar refractivity (Wildman–Crippen MR) is 126 cm³/mol. The Morgan fingerprint density at radius 1 is 0.966 bits per heavy atom. The molecule has 0 aliphatic carbocycles. The molecular weight excluding hydrogens is 398 g/mol. The van der Waals surface area contributed by atoms with Gasteiger partial charge >= 0.3 is 0 Å². The number of hydrogen-bond acceptors (Lipinski definition) is 4. The summed E-state index contributed by atoms with van der Waals surface area (Å²) in [6.07, 6.45) is 2.87. The van der Waals surface area contributed by atoms with Gasteiger partial charge in [0.15, 0.2) is 0 Å². The van der Waals surface area contributed by atoms with Gasteiger partial charge in [-0.3, -0.25) is 4.98 Å². The minimum Gasteiger partial charge on any atom is -0.384 e. The van der Waals surface area contributed by atoms with Gasteiger partial charge in [-0.2, -0.15) is 0 Å². The Labute approximate surface area is 180 Å². The van der Waals surface area contributed by atoms with E-state index in [1.807, 2.05) is 41.8 Å². The topological polar surface area (TPSA) is 37.0 Å². The van der Waals surface area contributed by atoms with E-state index in [1.165, 1.54) is 20.9 Å². The van der Waals surface area contributed by atoms with Crippen LogP contribution in [0, 0.1) is 6.92 Å². The highest BCUT2D eigenvalue weighted by Gasteiger charge is 2.04. The maximum absolute atomic E-state index is 6.06. The molecule has 0 unspecified atom stereocenters. The highest BCUT2D eigenvalue weighted by atomic mass is 35.5. The van der Waals surface area contributed by atoms with Crippen molar-refractivity contribution in [1.82, 2.24) is 10.3 Å². The maximum atomic E-state index is 6.06. The summed E-state index contributed by atoms with van der Waals surface area (Å²) >= 11 is 7.92. The first-order chi connectivity index (χ1) is 14.2. The van der Waals surface area contributed by atoms with Crippen molar-refractivity contribution in [2.45, 2.75) is 19.9 Å². The van der Waals surface area contributed by atoms with Gasteiger partial charge in [-0.15, -0.1) is 11.3 Å². The second-order valence-corrected chi connectivity index (χ2v) is 8.71. The van der Waals surface area contributed by atoms with Crippen molar-refractivity contribution in [3.8, 4) is 10.4 Å². The minimum atomic E-state index is 0.713. The molecule has 0 amide bonds. The minimum absolute atomic E-state index is 0.713. The monoisotopic (exact) mass is 421 g/mol. The van der Waals surface area contributed by atoms with Crippen LogP contribution in [-0.4, -0.2) is 18.1 Å².